The Hall–Kier alpha value is -2.68. The summed E-state index contributed by atoms with van der Waals surface area (Å²) >= 11 is 0. The summed E-state index contributed by atoms with van der Waals surface area (Å²) < 4.78 is 8.72. The van der Waals surface area contributed by atoms with E-state index in [1.807, 2.05) is 25.9 Å². The average Bonchev–Trinajstić information content (AvgIpc) is 2.83. The molecule has 1 atom stereocenters. The number of nitrogens with zero attached hydrogens (tertiary/aromatic N) is 5. The topological polar surface area (TPSA) is 94.3 Å². The van der Waals surface area contributed by atoms with Gasteiger partial charge in [-0.3, -0.25) is 9.36 Å². The van der Waals surface area contributed by atoms with Crippen LogP contribution in [0.15, 0.2) is 23.1 Å². The lowest BCUT2D eigenvalue weighted by Crippen LogP contribution is -2.36. The first kappa shape index (κ1) is 20.1. The maximum absolute atomic E-state index is 12.7. The molecule has 0 aliphatic carbocycles. The fraction of sp³-hybridized carbons (Fsp3) is 0.579. The summed E-state index contributed by atoms with van der Waals surface area (Å²) in [6, 6.07) is 3.40. The van der Waals surface area contributed by atoms with Gasteiger partial charge in [-0.2, -0.15) is 5.10 Å². The molecule has 0 radical (unpaired) electrons. The van der Waals surface area contributed by atoms with Gasteiger partial charge in [0.2, 0.25) is 5.88 Å². The molecular weight excluding hydrogens is 360 g/mol. The molecule has 3 rings (SSSR count). The molecule has 2 aromatic rings. The molecule has 9 nitrogen and oxygen atoms in total. The molecule has 0 fully saturated rings. The largest absolute Gasteiger partial charge is 0.477 e. The highest BCUT2D eigenvalue weighted by atomic mass is 16.5. The normalized spacial score (nSPS) is 16.5. The van der Waals surface area contributed by atoms with E-state index in [1.165, 1.54) is 4.68 Å². The quantitative estimate of drug-likeness (QED) is 0.744. The van der Waals surface area contributed by atoms with Gasteiger partial charge in [-0.15, -0.1) is 0 Å². The first-order chi connectivity index (χ1) is 13.5. The molecule has 0 saturated carbocycles. The van der Waals surface area contributed by atoms with Crippen LogP contribution in [0.3, 0.4) is 0 Å². The SMILES string of the molecule is CCOc1ncccc1C(=O)NC1CCc2nn(CCN(C)C)c(=O)n2CC1. The second-order valence-electron chi connectivity index (χ2n) is 7.16. The van der Waals surface area contributed by atoms with Crippen molar-refractivity contribution in [1.29, 1.82) is 0 Å². The van der Waals surface area contributed by atoms with Gasteiger partial charge in [-0.25, -0.2) is 14.5 Å². The molecule has 3 heterocycles. The van der Waals surface area contributed by atoms with Crippen molar-refractivity contribution in [3.05, 3.63) is 40.2 Å². The van der Waals surface area contributed by atoms with Crippen LogP contribution in [-0.4, -0.2) is 63.4 Å². The first-order valence-corrected chi connectivity index (χ1v) is 9.69. The number of fused-ring (bicyclic) bond motifs is 1. The fourth-order valence-electron chi connectivity index (χ4n) is 3.29. The summed E-state index contributed by atoms with van der Waals surface area (Å²) in [5.74, 6) is 0.925. The lowest BCUT2D eigenvalue weighted by molar-refractivity contribution is 0.0928. The first-order valence-electron chi connectivity index (χ1n) is 9.69. The smallest absolute Gasteiger partial charge is 0.345 e. The Morgan fingerprint density at radius 1 is 1.39 bits per heavy atom. The summed E-state index contributed by atoms with van der Waals surface area (Å²) in [6.07, 6.45) is 3.68. The summed E-state index contributed by atoms with van der Waals surface area (Å²) in [5.41, 5.74) is 0.354. The van der Waals surface area contributed by atoms with Crippen LogP contribution < -0.4 is 15.7 Å². The third-order valence-corrected chi connectivity index (χ3v) is 4.81. The van der Waals surface area contributed by atoms with E-state index in [2.05, 4.69) is 15.4 Å². The molecule has 0 saturated heterocycles. The number of carbonyl (C=O) groups is 1. The molecule has 152 valence electrons. The fourth-order valence-corrected chi connectivity index (χ4v) is 3.29. The Labute approximate surface area is 164 Å². The van der Waals surface area contributed by atoms with Gasteiger partial charge in [0.05, 0.1) is 13.2 Å². The third-order valence-electron chi connectivity index (χ3n) is 4.81. The molecule has 9 heteroatoms. The third kappa shape index (κ3) is 4.59. The zero-order valence-electron chi connectivity index (χ0n) is 16.7. The number of nitrogens with one attached hydrogen (secondary N) is 1. The van der Waals surface area contributed by atoms with Crippen LogP contribution >= 0.6 is 0 Å². The van der Waals surface area contributed by atoms with Gasteiger partial charge in [-0.1, -0.05) is 0 Å². The van der Waals surface area contributed by atoms with Crippen LogP contribution in [0.2, 0.25) is 0 Å². The van der Waals surface area contributed by atoms with Gasteiger partial charge in [0.15, 0.2) is 0 Å². The van der Waals surface area contributed by atoms with Crippen molar-refractivity contribution in [2.75, 3.05) is 27.2 Å². The second kappa shape index (κ2) is 9.01. The molecule has 1 amide bonds. The van der Waals surface area contributed by atoms with Crippen LogP contribution in [0.5, 0.6) is 5.88 Å². The van der Waals surface area contributed by atoms with E-state index in [4.69, 9.17) is 4.74 Å². The minimum atomic E-state index is -0.204. The molecular formula is C19H28N6O3. The van der Waals surface area contributed by atoms with Gasteiger partial charge in [-0.05, 0) is 46.0 Å². The van der Waals surface area contributed by atoms with Crippen molar-refractivity contribution >= 4 is 5.91 Å². The Kier molecular flexibility index (Phi) is 6.45. The second-order valence-corrected chi connectivity index (χ2v) is 7.16. The van der Waals surface area contributed by atoms with E-state index >= 15 is 0 Å². The number of hydrogen-bond donors (Lipinski definition) is 1. The molecule has 1 aliphatic rings. The van der Waals surface area contributed by atoms with Gasteiger partial charge < -0.3 is 15.0 Å². The highest BCUT2D eigenvalue weighted by Crippen LogP contribution is 2.17. The zero-order chi connectivity index (χ0) is 20.1. The minimum Gasteiger partial charge on any atom is -0.477 e. The van der Waals surface area contributed by atoms with Crippen molar-refractivity contribution in [1.82, 2.24) is 29.5 Å². The molecule has 0 aromatic carbocycles. The zero-order valence-corrected chi connectivity index (χ0v) is 16.7. The molecule has 1 N–H and O–H groups in total. The van der Waals surface area contributed by atoms with Gasteiger partial charge >= 0.3 is 5.69 Å². The lowest BCUT2D eigenvalue weighted by Gasteiger charge is -2.17. The Morgan fingerprint density at radius 2 is 2.21 bits per heavy atom. The average molecular weight is 388 g/mol. The lowest BCUT2D eigenvalue weighted by atomic mass is 10.1. The monoisotopic (exact) mass is 388 g/mol. The molecule has 2 aromatic heterocycles. The number of aromatic nitrogens is 4. The maximum Gasteiger partial charge on any atom is 0.345 e. The van der Waals surface area contributed by atoms with Crippen molar-refractivity contribution in [3.63, 3.8) is 0 Å². The van der Waals surface area contributed by atoms with E-state index in [9.17, 15) is 9.59 Å². The predicted octanol–water partition coefficient (Wildman–Crippen LogP) is 0.535. The van der Waals surface area contributed by atoms with Gasteiger partial charge in [0.25, 0.3) is 5.91 Å². The Morgan fingerprint density at radius 3 is 2.96 bits per heavy atom. The predicted molar refractivity (Wildman–Crippen MR) is 105 cm³/mol. The van der Waals surface area contributed by atoms with E-state index in [0.29, 0.717) is 44.0 Å². The Bertz CT molecular complexity index is 873. The number of carbonyl (C=O) groups excluding carboxylic acids is 1. The van der Waals surface area contributed by atoms with E-state index in [0.717, 1.165) is 18.8 Å². The summed E-state index contributed by atoms with van der Waals surface area (Å²) in [7, 11) is 3.94. The highest BCUT2D eigenvalue weighted by Gasteiger charge is 2.23. The van der Waals surface area contributed by atoms with Crippen LogP contribution in [-0.2, 0) is 19.5 Å². The van der Waals surface area contributed by atoms with Gasteiger partial charge in [0.1, 0.15) is 11.4 Å². The number of likely N-dealkylation sites (N-methyl/N-ethyl adjacent to an activating group) is 1. The number of amides is 1. The number of pyridine rings is 1. The van der Waals surface area contributed by atoms with Crippen molar-refractivity contribution in [3.8, 4) is 5.88 Å². The van der Waals surface area contributed by atoms with Crippen LogP contribution in [0.25, 0.3) is 0 Å². The maximum atomic E-state index is 12.7. The van der Waals surface area contributed by atoms with Crippen molar-refractivity contribution in [2.24, 2.45) is 0 Å². The number of hydrogen-bond acceptors (Lipinski definition) is 6. The van der Waals surface area contributed by atoms with Crippen LogP contribution in [0.1, 0.15) is 35.9 Å². The molecule has 1 unspecified atom stereocenters. The van der Waals surface area contributed by atoms with Crippen molar-refractivity contribution in [2.45, 2.75) is 45.3 Å². The summed E-state index contributed by atoms with van der Waals surface area (Å²) in [4.78, 5) is 31.4. The van der Waals surface area contributed by atoms with Crippen LogP contribution in [0.4, 0.5) is 0 Å². The summed E-state index contributed by atoms with van der Waals surface area (Å²) in [6.45, 7) is 4.19. The molecule has 0 bridgehead atoms. The highest BCUT2D eigenvalue weighted by molar-refractivity contribution is 5.96. The number of aryl methyl sites for hydroxylation is 1. The molecule has 1 aliphatic heterocycles. The molecule has 28 heavy (non-hydrogen) atoms. The van der Waals surface area contributed by atoms with Gasteiger partial charge in [0, 0.05) is 31.7 Å². The standard InChI is InChI=1S/C19H28N6O3/c1-4-28-18-15(6-5-10-20-18)17(26)21-14-7-8-16-22-25(13-12-23(2)3)19(27)24(16)11-9-14/h5-6,10,14H,4,7-9,11-13H2,1-3H3,(H,21,26). The van der Waals surface area contributed by atoms with Crippen molar-refractivity contribution < 1.29 is 9.53 Å². The molecule has 0 spiro atoms. The number of ether oxygens (including phenoxy) is 1. The number of rotatable bonds is 7. The minimum absolute atomic E-state index is 0.0292. The van der Waals surface area contributed by atoms with Crippen LogP contribution in [0, 0.1) is 0 Å². The van der Waals surface area contributed by atoms with E-state index in [1.54, 1.807) is 22.9 Å². The van der Waals surface area contributed by atoms with E-state index in [-0.39, 0.29) is 17.6 Å². The Balaban J connectivity index is 1.65. The van der Waals surface area contributed by atoms with E-state index < -0.39 is 0 Å². The summed E-state index contributed by atoms with van der Waals surface area (Å²) in [5, 5.41) is 7.55.